The summed E-state index contributed by atoms with van der Waals surface area (Å²) in [6, 6.07) is 10.2. The number of carbonyl (C=O) groups is 2. The van der Waals surface area contributed by atoms with Crippen molar-refractivity contribution in [1.29, 1.82) is 0 Å². The fourth-order valence-corrected chi connectivity index (χ4v) is 5.11. The van der Waals surface area contributed by atoms with Crippen molar-refractivity contribution in [3.05, 3.63) is 53.3 Å². The molecule has 1 aliphatic heterocycles. The molecule has 1 saturated carbocycles. The number of hydrogen-bond donors (Lipinski definition) is 0. The van der Waals surface area contributed by atoms with Crippen LogP contribution in [0.4, 0.5) is 5.95 Å². The highest BCUT2D eigenvalue weighted by Crippen LogP contribution is 2.32. The highest BCUT2D eigenvalue weighted by Gasteiger charge is 2.31. The zero-order valence-corrected chi connectivity index (χ0v) is 17.3. The SMILES string of the molecule is O=C1CC(c2ccccc2)Cc2nc(N3CCN(C(=O)C4CCCC4)CC3)ncc21. The number of rotatable bonds is 3. The minimum atomic E-state index is 0.128. The van der Waals surface area contributed by atoms with Crippen molar-refractivity contribution in [2.24, 2.45) is 5.92 Å². The number of fused-ring (bicyclic) bond motifs is 1. The van der Waals surface area contributed by atoms with Gasteiger partial charge in [-0.15, -0.1) is 0 Å². The van der Waals surface area contributed by atoms with E-state index in [0.29, 0.717) is 23.8 Å². The Hall–Kier alpha value is -2.76. The summed E-state index contributed by atoms with van der Waals surface area (Å²) in [7, 11) is 0. The molecule has 1 aromatic carbocycles. The number of amides is 1. The van der Waals surface area contributed by atoms with E-state index in [1.165, 1.54) is 18.4 Å². The van der Waals surface area contributed by atoms with Crippen molar-refractivity contribution in [3.8, 4) is 0 Å². The Kier molecular flexibility index (Phi) is 5.23. The number of carbonyl (C=O) groups excluding carboxylic acids is 2. The first-order chi connectivity index (χ1) is 14.7. The lowest BCUT2D eigenvalue weighted by Gasteiger charge is -2.36. The molecular weight excluding hydrogens is 376 g/mol. The third-order valence-electron chi connectivity index (χ3n) is 6.88. The van der Waals surface area contributed by atoms with E-state index in [1.54, 1.807) is 6.20 Å². The number of Topliss-reactive ketones (excluding diaryl/α,β-unsaturated/α-hetero) is 1. The minimum absolute atomic E-state index is 0.128. The molecule has 1 aromatic heterocycles. The van der Waals surface area contributed by atoms with Crippen molar-refractivity contribution in [3.63, 3.8) is 0 Å². The molecule has 6 nitrogen and oxygen atoms in total. The highest BCUT2D eigenvalue weighted by atomic mass is 16.2. The lowest BCUT2D eigenvalue weighted by molar-refractivity contribution is -0.135. The molecule has 0 bridgehead atoms. The van der Waals surface area contributed by atoms with Crippen LogP contribution in [0.15, 0.2) is 36.5 Å². The molecule has 2 aromatic rings. The molecule has 0 radical (unpaired) electrons. The van der Waals surface area contributed by atoms with Gasteiger partial charge in [0.05, 0.1) is 11.3 Å². The molecule has 2 heterocycles. The fourth-order valence-electron chi connectivity index (χ4n) is 5.11. The normalized spacial score (nSPS) is 22.3. The molecule has 0 spiro atoms. The van der Waals surface area contributed by atoms with E-state index in [2.05, 4.69) is 22.0 Å². The number of anilines is 1. The maximum atomic E-state index is 12.7. The van der Waals surface area contributed by atoms with Crippen LogP contribution in [0.2, 0.25) is 0 Å². The van der Waals surface area contributed by atoms with E-state index in [-0.39, 0.29) is 17.6 Å². The Morgan fingerprint density at radius 3 is 2.43 bits per heavy atom. The van der Waals surface area contributed by atoms with Gasteiger partial charge in [-0.1, -0.05) is 43.2 Å². The molecule has 1 atom stereocenters. The third kappa shape index (κ3) is 3.71. The van der Waals surface area contributed by atoms with Crippen molar-refractivity contribution >= 4 is 17.6 Å². The largest absolute Gasteiger partial charge is 0.339 e. The molecule has 156 valence electrons. The average Bonchev–Trinajstić information content (AvgIpc) is 3.34. The van der Waals surface area contributed by atoms with E-state index in [9.17, 15) is 9.59 Å². The Morgan fingerprint density at radius 1 is 0.967 bits per heavy atom. The zero-order valence-electron chi connectivity index (χ0n) is 17.3. The third-order valence-corrected chi connectivity index (χ3v) is 6.88. The lowest BCUT2D eigenvalue weighted by Crippen LogP contribution is -2.50. The second-order valence-corrected chi connectivity index (χ2v) is 8.76. The topological polar surface area (TPSA) is 66.4 Å². The molecule has 1 saturated heterocycles. The van der Waals surface area contributed by atoms with Gasteiger partial charge in [0.25, 0.3) is 0 Å². The number of piperazine rings is 1. The molecule has 2 aliphatic carbocycles. The molecule has 1 unspecified atom stereocenters. The van der Waals surface area contributed by atoms with Crippen LogP contribution in [0.1, 0.15) is 59.6 Å². The van der Waals surface area contributed by atoms with E-state index in [1.807, 2.05) is 23.1 Å². The van der Waals surface area contributed by atoms with E-state index in [4.69, 9.17) is 4.98 Å². The van der Waals surface area contributed by atoms with Crippen LogP contribution in [-0.4, -0.2) is 52.7 Å². The first kappa shape index (κ1) is 19.2. The van der Waals surface area contributed by atoms with Crippen molar-refractivity contribution in [2.75, 3.05) is 31.1 Å². The molecule has 1 amide bonds. The van der Waals surface area contributed by atoms with Gasteiger partial charge in [-0.3, -0.25) is 9.59 Å². The van der Waals surface area contributed by atoms with Crippen LogP contribution in [0.25, 0.3) is 0 Å². The van der Waals surface area contributed by atoms with E-state index < -0.39 is 0 Å². The summed E-state index contributed by atoms with van der Waals surface area (Å²) in [5.41, 5.74) is 2.71. The van der Waals surface area contributed by atoms with E-state index >= 15 is 0 Å². The van der Waals surface area contributed by atoms with Crippen LogP contribution >= 0.6 is 0 Å². The van der Waals surface area contributed by atoms with Crippen LogP contribution in [-0.2, 0) is 11.2 Å². The smallest absolute Gasteiger partial charge is 0.225 e. The molecule has 30 heavy (non-hydrogen) atoms. The number of nitrogens with zero attached hydrogens (tertiary/aromatic N) is 4. The number of benzene rings is 1. The Bertz CT molecular complexity index is 931. The lowest BCUT2D eigenvalue weighted by atomic mass is 9.82. The summed E-state index contributed by atoms with van der Waals surface area (Å²) >= 11 is 0. The Balaban J connectivity index is 1.28. The van der Waals surface area contributed by atoms with Crippen LogP contribution < -0.4 is 4.90 Å². The maximum Gasteiger partial charge on any atom is 0.225 e. The molecule has 5 rings (SSSR count). The summed E-state index contributed by atoms with van der Waals surface area (Å²) in [5.74, 6) is 1.55. The summed E-state index contributed by atoms with van der Waals surface area (Å²) in [6.45, 7) is 2.93. The summed E-state index contributed by atoms with van der Waals surface area (Å²) in [6.07, 6.45) is 7.44. The van der Waals surface area contributed by atoms with Gasteiger partial charge in [-0.25, -0.2) is 9.97 Å². The van der Waals surface area contributed by atoms with Crippen LogP contribution in [0.3, 0.4) is 0 Å². The second kappa shape index (κ2) is 8.17. The molecular formula is C24H28N4O2. The summed E-state index contributed by atoms with van der Waals surface area (Å²) in [4.78, 5) is 38.8. The second-order valence-electron chi connectivity index (χ2n) is 8.76. The Morgan fingerprint density at radius 2 is 1.70 bits per heavy atom. The van der Waals surface area contributed by atoms with E-state index in [0.717, 1.165) is 51.1 Å². The van der Waals surface area contributed by atoms with Gasteiger partial charge in [-0.2, -0.15) is 0 Å². The highest BCUT2D eigenvalue weighted by molar-refractivity contribution is 5.98. The first-order valence-electron chi connectivity index (χ1n) is 11.2. The number of hydrogen-bond acceptors (Lipinski definition) is 5. The summed E-state index contributed by atoms with van der Waals surface area (Å²) in [5, 5.41) is 0. The Labute approximate surface area is 177 Å². The summed E-state index contributed by atoms with van der Waals surface area (Å²) < 4.78 is 0. The predicted molar refractivity (Wildman–Crippen MR) is 115 cm³/mol. The van der Waals surface area contributed by atoms with Gasteiger partial charge in [0.1, 0.15) is 0 Å². The molecule has 0 N–H and O–H groups in total. The van der Waals surface area contributed by atoms with Crippen molar-refractivity contribution in [1.82, 2.24) is 14.9 Å². The average molecular weight is 405 g/mol. The first-order valence-corrected chi connectivity index (χ1v) is 11.2. The van der Waals surface area contributed by atoms with Crippen LogP contribution in [0.5, 0.6) is 0 Å². The maximum absolute atomic E-state index is 12.7. The van der Waals surface area contributed by atoms with Crippen molar-refractivity contribution in [2.45, 2.75) is 44.4 Å². The fraction of sp³-hybridized carbons (Fsp3) is 0.500. The number of aromatic nitrogens is 2. The monoisotopic (exact) mass is 404 g/mol. The van der Waals surface area contributed by atoms with Gasteiger partial charge >= 0.3 is 0 Å². The standard InChI is InChI=1S/C24H28N4O2/c29-22-15-19(17-6-2-1-3-7-17)14-21-20(22)16-25-24(26-21)28-12-10-27(11-13-28)23(30)18-8-4-5-9-18/h1-3,6-7,16,18-19H,4-5,8-15H2. The molecule has 2 fully saturated rings. The molecule has 6 heteroatoms. The predicted octanol–water partition coefficient (Wildman–Crippen LogP) is 3.23. The quantitative estimate of drug-likeness (QED) is 0.786. The van der Waals surface area contributed by atoms with Gasteiger partial charge in [0.2, 0.25) is 11.9 Å². The van der Waals surface area contributed by atoms with Gasteiger partial charge in [0.15, 0.2) is 5.78 Å². The van der Waals surface area contributed by atoms with Gasteiger partial charge in [0, 0.05) is 44.7 Å². The molecule has 3 aliphatic rings. The van der Waals surface area contributed by atoms with Gasteiger partial charge in [-0.05, 0) is 30.7 Å². The van der Waals surface area contributed by atoms with Gasteiger partial charge < -0.3 is 9.80 Å². The zero-order chi connectivity index (χ0) is 20.5. The minimum Gasteiger partial charge on any atom is -0.339 e. The van der Waals surface area contributed by atoms with Crippen molar-refractivity contribution < 1.29 is 9.59 Å². The van der Waals surface area contributed by atoms with Crippen LogP contribution in [0, 0.1) is 5.92 Å². The number of ketones is 1.